The van der Waals surface area contributed by atoms with Crippen LogP contribution in [0.1, 0.15) is 31.7 Å². The van der Waals surface area contributed by atoms with Gasteiger partial charge >= 0.3 is 5.69 Å². The predicted octanol–water partition coefficient (Wildman–Crippen LogP) is 1.65. The van der Waals surface area contributed by atoms with Crippen molar-refractivity contribution in [3.63, 3.8) is 0 Å². The number of hydrogen-bond acceptors (Lipinski definition) is 6. The van der Waals surface area contributed by atoms with Crippen LogP contribution in [-0.4, -0.2) is 47.4 Å². The molecular weight excluding hydrogens is 536 g/mol. The maximum Gasteiger partial charge on any atom is 0.337 e. The van der Waals surface area contributed by atoms with Gasteiger partial charge in [0.1, 0.15) is 24.7 Å². The Morgan fingerprint density at radius 2 is 1.70 bits per heavy atom. The maximum absolute atomic E-state index is 14.7. The molecule has 10 nitrogen and oxygen atoms in total. The van der Waals surface area contributed by atoms with E-state index in [0.717, 1.165) is 28.0 Å². The van der Waals surface area contributed by atoms with Gasteiger partial charge in [0.05, 0.1) is 22.0 Å². The van der Waals surface area contributed by atoms with Crippen LogP contribution in [0, 0.1) is 5.82 Å². The Morgan fingerprint density at radius 1 is 0.975 bits per heavy atom. The summed E-state index contributed by atoms with van der Waals surface area (Å²) in [6.45, 7) is 0.820. The standard InChI is InChI=1S/C27H25BFN5O5S/c1-31-23(35)15-22(30-21-10-7-16(28)13-20(21)29)24-25(31)33(27(37)34(26(24)36)17-8-9-17)18-5-4-6-19(14-18)40(38,39)32-11-2-3-12-32/h4-7,10,13-15,17,30H,2-3,8-9,11-12H2,1H3. The number of fused-ring (bicyclic) bond motifs is 1. The molecule has 0 atom stereocenters. The summed E-state index contributed by atoms with van der Waals surface area (Å²) in [5, 5.41) is 2.82. The molecule has 1 saturated carbocycles. The molecule has 3 heterocycles. The molecule has 2 aromatic heterocycles. The van der Waals surface area contributed by atoms with E-state index in [9.17, 15) is 27.2 Å². The number of pyridine rings is 1. The normalized spacial score (nSPS) is 16.1. The third-order valence-corrected chi connectivity index (χ3v) is 9.30. The molecule has 1 N–H and O–H groups in total. The fourth-order valence-electron chi connectivity index (χ4n) is 5.19. The van der Waals surface area contributed by atoms with Crippen molar-refractivity contribution in [3.05, 3.63) is 85.5 Å². The lowest BCUT2D eigenvalue weighted by atomic mass is 9.96. The number of nitrogens with one attached hydrogen (secondary N) is 1. The second-order valence-electron chi connectivity index (χ2n) is 10.2. The van der Waals surface area contributed by atoms with Crippen LogP contribution in [0.25, 0.3) is 16.7 Å². The van der Waals surface area contributed by atoms with Crippen molar-refractivity contribution in [1.29, 1.82) is 0 Å². The van der Waals surface area contributed by atoms with Crippen LogP contribution >= 0.6 is 0 Å². The monoisotopic (exact) mass is 561 g/mol. The average Bonchev–Trinajstić information content (AvgIpc) is 3.58. The van der Waals surface area contributed by atoms with Crippen LogP contribution in [0.2, 0.25) is 0 Å². The minimum atomic E-state index is -3.82. The number of hydrogen-bond donors (Lipinski definition) is 1. The summed E-state index contributed by atoms with van der Waals surface area (Å²) in [5.41, 5.74) is -1.57. The predicted molar refractivity (Wildman–Crippen MR) is 150 cm³/mol. The van der Waals surface area contributed by atoms with Crippen molar-refractivity contribution >= 4 is 45.7 Å². The first-order valence-electron chi connectivity index (χ1n) is 12.9. The highest BCUT2D eigenvalue weighted by molar-refractivity contribution is 7.89. The lowest BCUT2D eigenvalue weighted by Crippen LogP contribution is -2.41. The maximum atomic E-state index is 14.7. The van der Waals surface area contributed by atoms with Crippen LogP contribution in [0.15, 0.2) is 67.8 Å². The second-order valence-corrected chi connectivity index (χ2v) is 12.1. The summed E-state index contributed by atoms with van der Waals surface area (Å²) in [5.74, 6) is -0.690. The SMILES string of the molecule is [B]c1ccc(Nc2cc(=O)n(C)c3c2c(=O)n(C2CC2)c(=O)n3-c2cccc(S(=O)(=O)N3CCCC3)c2)c(F)c1. The number of aryl methyl sites for hydroxylation is 1. The molecule has 0 amide bonds. The Morgan fingerprint density at radius 3 is 2.38 bits per heavy atom. The van der Waals surface area contributed by atoms with Gasteiger partial charge < -0.3 is 5.32 Å². The minimum Gasteiger partial charge on any atom is -0.352 e. The molecule has 1 aliphatic carbocycles. The Kier molecular flexibility index (Phi) is 6.30. The van der Waals surface area contributed by atoms with Crippen molar-refractivity contribution in [2.75, 3.05) is 18.4 Å². The molecule has 204 valence electrons. The van der Waals surface area contributed by atoms with Gasteiger partial charge in [-0.3, -0.25) is 18.7 Å². The molecule has 1 aliphatic heterocycles. The number of benzene rings is 2. The fourth-order valence-corrected chi connectivity index (χ4v) is 6.75. The van der Waals surface area contributed by atoms with Gasteiger partial charge in [0.2, 0.25) is 10.0 Å². The minimum absolute atomic E-state index is 0.000605. The van der Waals surface area contributed by atoms with E-state index in [-0.39, 0.29) is 44.5 Å². The molecular formula is C27H25BFN5O5S. The highest BCUT2D eigenvalue weighted by atomic mass is 32.2. The fraction of sp³-hybridized carbons (Fsp3) is 0.296. The Hall–Kier alpha value is -3.97. The molecule has 13 heteroatoms. The van der Waals surface area contributed by atoms with Crippen LogP contribution < -0.4 is 27.6 Å². The lowest BCUT2D eigenvalue weighted by molar-refractivity contribution is 0.477. The zero-order valence-electron chi connectivity index (χ0n) is 21.6. The van der Waals surface area contributed by atoms with Gasteiger partial charge in [-0.25, -0.2) is 22.2 Å². The smallest absolute Gasteiger partial charge is 0.337 e. The molecule has 1 saturated heterocycles. The second kappa shape index (κ2) is 9.60. The zero-order valence-corrected chi connectivity index (χ0v) is 22.4. The average molecular weight is 561 g/mol. The lowest BCUT2D eigenvalue weighted by Gasteiger charge is -2.20. The number of aromatic nitrogens is 3. The topological polar surface area (TPSA) is 115 Å². The molecule has 40 heavy (non-hydrogen) atoms. The molecule has 0 bridgehead atoms. The van der Waals surface area contributed by atoms with Gasteiger partial charge in [-0.15, -0.1) is 0 Å². The quantitative estimate of drug-likeness (QED) is 0.358. The van der Waals surface area contributed by atoms with E-state index in [1.54, 1.807) is 6.07 Å². The molecule has 2 radical (unpaired) electrons. The van der Waals surface area contributed by atoms with E-state index in [1.807, 2.05) is 0 Å². The van der Waals surface area contributed by atoms with Gasteiger partial charge in [-0.2, -0.15) is 4.31 Å². The van der Waals surface area contributed by atoms with Crippen molar-refractivity contribution in [2.45, 2.75) is 36.6 Å². The molecule has 0 unspecified atom stereocenters. The van der Waals surface area contributed by atoms with Gasteiger partial charge in [0.25, 0.3) is 11.1 Å². The number of sulfonamides is 1. The van der Waals surface area contributed by atoms with E-state index in [0.29, 0.717) is 25.9 Å². The number of anilines is 2. The molecule has 0 spiro atoms. The molecule has 6 rings (SSSR count). The van der Waals surface area contributed by atoms with E-state index in [2.05, 4.69) is 5.32 Å². The van der Waals surface area contributed by atoms with Crippen molar-refractivity contribution in [3.8, 4) is 5.69 Å². The first kappa shape index (κ1) is 26.3. The Balaban J connectivity index is 1.65. The third-order valence-electron chi connectivity index (χ3n) is 7.40. The van der Waals surface area contributed by atoms with E-state index < -0.39 is 32.6 Å². The van der Waals surface area contributed by atoms with Gasteiger partial charge in [0, 0.05) is 32.2 Å². The summed E-state index contributed by atoms with van der Waals surface area (Å²) < 4.78 is 46.2. The number of rotatable bonds is 6. The summed E-state index contributed by atoms with van der Waals surface area (Å²) in [7, 11) is 3.26. The van der Waals surface area contributed by atoms with Crippen molar-refractivity contribution in [1.82, 2.24) is 18.0 Å². The third kappa shape index (κ3) is 4.29. The van der Waals surface area contributed by atoms with Crippen LogP contribution in [0.3, 0.4) is 0 Å². The van der Waals surface area contributed by atoms with Gasteiger partial charge in [-0.1, -0.05) is 17.6 Å². The molecule has 4 aromatic rings. The van der Waals surface area contributed by atoms with Gasteiger partial charge in [-0.05, 0) is 56.0 Å². The zero-order chi connectivity index (χ0) is 28.3. The summed E-state index contributed by atoms with van der Waals surface area (Å²) in [6.07, 6.45) is 2.76. The Labute approximate surface area is 229 Å². The van der Waals surface area contributed by atoms with Crippen LogP contribution in [0.4, 0.5) is 15.8 Å². The largest absolute Gasteiger partial charge is 0.352 e. The first-order valence-corrected chi connectivity index (χ1v) is 14.4. The van der Waals surface area contributed by atoms with Crippen molar-refractivity contribution in [2.24, 2.45) is 7.05 Å². The number of halogens is 1. The van der Waals surface area contributed by atoms with E-state index in [4.69, 9.17) is 7.85 Å². The van der Waals surface area contributed by atoms with Crippen LogP contribution in [0.5, 0.6) is 0 Å². The first-order chi connectivity index (χ1) is 19.1. The van der Waals surface area contributed by atoms with Crippen molar-refractivity contribution < 1.29 is 12.8 Å². The van der Waals surface area contributed by atoms with E-state index >= 15 is 0 Å². The molecule has 2 fully saturated rings. The summed E-state index contributed by atoms with van der Waals surface area (Å²) >= 11 is 0. The summed E-state index contributed by atoms with van der Waals surface area (Å²) in [6, 6.07) is 10.7. The number of nitrogens with zero attached hydrogens (tertiary/aromatic N) is 4. The van der Waals surface area contributed by atoms with E-state index in [1.165, 1.54) is 52.3 Å². The summed E-state index contributed by atoms with van der Waals surface area (Å²) in [4.78, 5) is 40.8. The molecule has 2 aliphatic rings. The highest BCUT2D eigenvalue weighted by Crippen LogP contribution is 2.34. The van der Waals surface area contributed by atoms with Crippen LogP contribution in [-0.2, 0) is 17.1 Å². The van der Waals surface area contributed by atoms with Gasteiger partial charge in [0.15, 0.2) is 0 Å². The Bertz CT molecular complexity index is 1970. The highest BCUT2D eigenvalue weighted by Gasteiger charge is 2.32. The molecule has 2 aromatic carbocycles.